The highest BCUT2D eigenvalue weighted by molar-refractivity contribution is 7.11. The van der Waals surface area contributed by atoms with Gasteiger partial charge in [-0.25, -0.2) is 0 Å². The summed E-state index contributed by atoms with van der Waals surface area (Å²) in [6.45, 7) is 12.9. The average Bonchev–Trinajstić information content (AvgIpc) is 2.69. The third-order valence-corrected chi connectivity index (χ3v) is 6.40. The van der Waals surface area contributed by atoms with Gasteiger partial charge in [0.1, 0.15) is 0 Å². The molecule has 16 heavy (non-hydrogen) atoms. The molecule has 1 aromatic heterocycles. The van der Waals surface area contributed by atoms with Crippen LogP contribution in [0.1, 0.15) is 32.6 Å². The van der Waals surface area contributed by atoms with Gasteiger partial charge in [-0.2, -0.15) is 0 Å². The van der Waals surface area contributed by atoms with Gasteiger partial charge in [0.15, 0.2) is 0 Å². The van der Waals surface area contributed by atoms with Crippen molar-refractivity contribution in [1.29, 1.82) is 0 Å². The predicted octanol–water partition coefficient (Wildman–Crippen LogP) is 3.78. The van der Waals surface area contributed by atoms with Crippen LogP contribution < -0.4 is 5.48 Å². The average molecular weight is 255 g/mol. The Labute approximate surface area is 104 Å². The number of hydroxylamine groups is 1. The zero-order valence-electron chi connectivity index (χ0n) is 10.5. The van der Waals surface area contributed by atoms with Gasteiger partial charge in [0.05, 0.1) is 10.6 Å². The van der Waals surface area contributed by atoms with Crippen LogP contribution in [0.2, 0.25) is 11.1 Å². The van der Waals surface area contributed by atoms with Crippen LogP contribution in [0.25, 0.3) is 5.70 Å². The highest BCUT2D eigenvalue weighted by atomic mass is 32.1. The summed E-state index contributed by atoms with van der Waals surface area (Å²) in [5.41, 5.74) is 5.15. The van der Waals surface area contributed by atoms with Crippen LogP contribution >= 0.6 is 11.3 Å². The normalized spacial score (nSPS) is 11.4. The first kappa shape index (κ1) is 13.5. The molecule has 0 aromatic carbocycles. The Bertz CT molecular complexity index is 314. The summed E-state index contributed by atoms with van der Waals surface area (Å²) in [7, 11) is -1.21. The van der Waals surface area contributed by atoms with Crippen molar-refractivity contribution in [2.24, 2.45) is 0 Å². The Kier molecular flexibility index (Phi) is 5.25. The van der Waals surface area contributed by atoms with Gasteiger partial charge in [-0.1, -0.05) is 40.3 Å². The highest BCUT2D eigenvalue weighted by Crippen LogP contribution is 2.22. The molecule has 0 fully saturated rings. The van der Waals surface area contributed by atoms with E-state index in [1.165, 1.54) is 0 Å². The molecule has 0 atom stereocenters. The fourth-order valence-corrected chi connectivity index (χ4v) is 4.69. The lowest BCUT2D eigenvalue weighted by molar-refractivity contribution is 0.243. The zero-order valence-corrected chi connectivity index (χ0v) is 12.5. The lowest BCUT2D eigenvalue weighted by atomic mass is 10.4. The molecule has 4 heteroatoms. The Morgan fingerprint density at radius 1 is 1.38 bits per heavy atom. The van der Waals surface area contributed by atoms with Crippen molar-refractivity contribution in [2.75, 3.05) is 0 Å². The fraction of sp³-hybridized carbons (Fsp3) is 0.500. The molecule has 0 aliphatic carbocycles. The van der Waals surface area contributed by atoms with Crippen LogP contribution in [-0.4, -0.2) is 9.04 Å². The van der Waals surface area contributed by atoms with Crippen LogP contribution in [0.5, 0.6) is 0 Å². The smallest absolute Gasteiger partial charge is 0.219 e. The minimum absolute atomic E-state index is 0.628. The first-order valence-electron chi connectivity index (χ1n) is 5.66. The molecule has 0 spiro atoms. The quantitative estimate of drug-likeness (QED) is 0.617. The Hall–Kier alpha value is -0.583. The van der Waals surface area contributed by atoms with Gasteiger partial charge in [0, 0.05) is 0 Å². The van der Waals surface area contributed by atoms with Crippen molar-refractivity contribution in [2.45, 2.75) is 38.8 Å². The van der Waals surface area contributed by atoms with E-state index in [9.17, 15) is 0 Å². The number of hydrogen-bond acceptors (Lipinski definition) is 3. The molecule has 0 bridgehead atoms. The van der Waals surface area contributed by atoms with E-state index in [2.05, 4.69) is 39.8 Å². The van der Waals surface area contributed by atoms with Gasteiger partial charge in [-0.3, -0.25) is 5.48 Å². The summed E-state index contributed by atoms with van der Waals surface area (Å²) in [4.78, 5) is 1.14. The van der Waals surface area contributed by atoms with E-state index < -0.39 is 9.04 Å². The van der Waals surface area contributed by atoms with Crippen LogP contribution in [0, 0.1) is 0 Å². The summed E-state index contributed by atoms with van der Waals surface area (Å²) in [6, 6.07) is 4.07. The van der Waals surface area contributed by atoms with E-state index >= 15 is 0 Å². The molecular formula is C12H21NOSSi. The zero-order chi connectivity index (χ0) is 12.1. The van der Waals surface area contributed by atoms with E-state index in [0.29, 0.717) is 11.1 Å². The standard InChI is InChI=1S/C12H21NOSSi/c1-9(2)16(10(3)4)14-13-11(5)12-7-6-8-15-12/h6-10,13,16H,5H2,1-4H3. The third-order valence-electron chi connectivity index (χ3n) is 2.45. The maximum absolute atomic E-state index is 5.85. The van der Waals surface area contributed by atoms with Crippen molar-refractivity contribution in [1.82, 2.24) is 5.48 Å². The number of thiophene rings is 1. The highest BCUT2D eigenvalue weighted by Gasteiger charge is 2.22. The Balaban J connectivity index is 2.47. The molecule has 90 valence electrons. The third kappa shape index (κ3) is 3.77. The number of rotatable bonds is 6. The molecule has 0 unspecified atom stereocenters. The van der Waals surface area contributed by atoms with Gasteiger partial charge < -0.3 is 4.53 Å². The molecule has 1 aromatic rings. The van der Waals surface area contributed by atoms with Crippen molar-refractivity contribution in [3.8, 4) is 0 Å². The van der Waals surface area contributed by atoms with Crippen molar-refractivity contribution >= 4 is 26.1 Å². The number of nitrogens with one attached hydrogen (secondary N) is 1. The van der Waals surface area contributed by atoms with E-state index in [4.69, 9.17) is 4.53 Å². The minimum Gasteiger partial charge on any atom is -0.325 e. The monoisotopic (exact) mass is 255 g/mol. The summed E-state index contributed by atoms with van der Waals surface area (Å²) >= 11 is 1.67. The first-order chi connectivity index (χ1) is 7.52. The van der Waals surface area contributed by atoms with Crippen LogP contribution in [0.3, 0.4) is 0 Å². The van der Waals surface area contributed by atoms with Crippen molar-refractivity contribution < 1.29 is 4.53 Å². The van der Waals surface area contributed by atoms with Gasteiger partial charge >= 0.3 is 0 Å². The predicted molar refractivity (Wildman–Crippen MR) is 74.9 cm³/mol. The summed E-state index contributed by atoms with van der Waals surface area (Å²) in [6.07, 6.45) is 0. The molecule has 0 aliphatic heterocycles. The topological polar surface area (TPSA) is 21.3 Å². The van der Waals surface area contributed by atoms with Gasteiger partial charge in [-0.05, 0) is 22.5 Å². The largest absolute Gasteiger partial charge is 0.325 e. The second-order valence-corrected chi connectivity index (χ2v) is 9.41. The maximum Gasteiger partial charge on any atom is 0.219 e. The molecule has 0 saturated heterocycles. The van der Waals surface area contributed by atoms with Gasteiger partial charge in [0.2, 0.25) is 9.04 Å². The second-order valence-electron chi connectivity index (χ2n) is 4.63. The van der Waals surface area contributed by atoms with E-state index in [1.54, 1.807) is 11.3 Å². The molecular weight excluding hydrogens is 234 g/mol. The first-order valence-corrected chi connectivity index (χ1v) is 8.35. The fourth-order valence-electron chi connectivity index (χ4n) is 1.68. The minimum atomic E-state index is -1.21. The van der Waals surface area contributed by atoms with Crippen LogP contribution in [0.15, 0.2) is 24.1 Å². The van der Waals surface area contributed by atoms with E-state index in [0.717, 1.165) is 10.6 Å². The van der Waals surface area contributed by atoms with Gasteiger partial charge in [0.25, 0.3) is 0 Å². The molecule has 2 nitrogen and oxygen atoms in total. The Morgan fingerprint density at radius 2 is 2.00 bits per heavy atom. The summed E-state index contributed by atoms with van der Waals surface area (Å²) < 4.78 is 5.85. The SMILES string of the molecule is C=C(NO[SiH](C(C)C)C(C)C)c1cccs1. The lowest BCUT2D eigenvalue weighted by Gasteiger charge is -2.23. The van der Waals surface area contributed by atoms with Gasteiger partial charge in [-0.15, -0.1) is 11.3 Å². The molecule has 0 saturated carbocycles. The van der Waals surface area contributed by atoms with Crippen LogP contribution in [0.4, 0.5) is 0 Å². The number of hydrogen-bond donors (Lipinski definition) is 1. The van der Waals surface area contributed by atoms with E-state index in [-0.39, 0.29) is 0 Å². The van der Waals surface area contributed by atoms with Crippen LogP contribution in [-0.2, 0) is 4.53 Å². The molecule has 0 radical (unpaired) electrons. The molecule has 1 N–H and O–H groups in total. The summed E-state index contributed by atoms with van der Waals surface area (Å²) in [5, 5.41) is 2.04. The molecule has 1 heterocycles. The lowest BCUT2D eigenvalue weighted by Crippen LogP contribution is -2.31. The second kappa shape index (κ2) is 6.23. The maximum atomic E-state index is 5.85. The summed E-state index contributed by atoms with van der Waals surface area (Å²) in [5.74, 6) is 0. The molecule has 0 amide bonds. The Morgan fingerprint density at radius 3 is 2.44 bits per heavy atom. The van der Waals surface area contributed by atoms with Crippen molar-refractivity contribution in [3.05, 3.63) is 29.0 Å². The molecule has 1 rings (SSSR count). The van der Waals surface area contributed by atoms with E-state index in [1.807, 2.05) is 17.5 Å². The van der Waals surface area contributed by atoms with Crippen molar-refractivity contribution in [3.63, 3.8) is 0 Å². The molecule has 0 aliphatic rings.